The van der Waals surface area contributed by atoms with Crippen molar-refractivity contribution in [3.8, 4) is 0 Å². The second-order valence-electron chi connectivity index (χ2n) is 7.75. The molecule has 0 heterocycles. The highest BCUT2D eigenvalue weighted by atomic mass is 32.2. The van der Waals surface area contributed by atoms with Crippen molar-refractivity contribution in [3.05, 3.63) is 48.0 Å². The van der Waals surface area contributed by atoms with E-state index in [1.807, 2.05) is 24.3 Å². The zero-order chi connectivity index (χ0) is 17.9. The molecule has 3 aliphatic rings. The number of benzene rings is 1. The molecule has 0 aliphatic heterocycles. The second-order valence-corrected chi connectivity index (χ2v) is 9.10. The van der Waals surface area contributed by atoms with E-state index in [1.54, 1.807) is 0 Å². The van der Waals surface area contributed by atoms with Crippen LogP contribution in [-0.4, -0.2) is 21.7 Å². The van der Waals surface area contributed by atoms with Gasteiger partial charge in [0.25, 0.3) is 0 Å². The lowest BCUT2D eigenvalue weighted by atomic mass is 9.81. The van der Waals surface area contributed by atoms with Gasteiger partial charge in [-0.05, 0) is 49.5 Å². The van der Waals surface area contributed by atoms with E-state index >= 15 is 0 Å². The van der Waals surface area contributed by atoms with Gasteiger partial charge in [0.2, 0.25) is 0 Å². The van der Waals surface area contributed by atoms with E-state index in [0.29, 0.717) is 11.8 Å². The van der Waals surface area contributed by atoms with Crippen LogP contribution in [0.3, 0.4) is 0 Å². The maximum Gasteiger partial charge on any atom is 0.419 e. The number of ether oxygens (including phenoxy) is 1. The Kier molecular flexibility index (Phi) is 5.44. The molecule has 0 radical (unpaired) electrons. The number of carbonyl (C=O) groups excluding carboxylic acids is 1. The summed E-state index contributed by atoms with van der Waals surface area (Å²) < 4.78 is 21.0. The number of amides is 1. The Balaban J connectivity index is 1.36. The van der Waals surface area contributed by atoms with Crippen LogP contribution in [0.1, 0.15) is 56.4 Å². The summed E-state index contributed by atoms with van der Waals surface area (Å²) >= 11 is 0. The first-order valence-electron chi connectivity index (χ1n) is 9.83. The Labute approximate surface area is 158 Å². The lowest BCUT2D eigenvalue weighted by Crippen LogP contribution is -2.39. The summed E-state index contributed by atoms with van der Waals surface area (Å²) in [5.74, 6) is 1.19. The fraction of sp³-hybridized carbons (Fsp3) is 0.571. The molecule has 2 saturated carbocycles. The standard InChI is InChI=1S/C21H27NO3S/c23-21(22-26(24)20-14-13-16-9-6-11-18(16)20)25-19-12-5-4-10-17(19)15-7-2-1-3-8-15/h1-3,7-8,13-14,16-20H,4-6,9-12H2,(H,22,23)/t16-,17-,18+,19-,20-,26+/m1/s1. The fourth-order valence-electron chi connectivity index (χ4n) is 4.92. The molecule has 26 heavy (non-hydrogen) atoms. The SMILES string of the molecule is O=C(N[S@@](=O)[C@@H]1C=C[C@H]2CCC[C@H]12)O[C@@H]1CCCC[C@@H]1c1ccccc1. The molecule has 0 bridgehead atoms. The maximum atomic E-state index is 12.6. The Morgan fingerprint density at radius 2 is 1.81 bits per heavy atom. The molecule has 1 N–H and O–H groups in total. The van der Waals surface area contributed by atoms with Crippen molar-refractivity contribution in [2.45, 2.75) is 62.2 Å². The van der Waals surface area contributed by atoms with Gasteiger partial charge in [-0.3, -0.25) is 0 Å². The van der Waals surface area contributed by atoms with E-state index in [0.717, 1.165) is 32.1 Å². The fourth-order valence-corrected chi connectivity index (χ4v) is 6.16. The van der Waals surface area contributed by atoms with Crippen LogP contribution in [0.4, 0.5) is 4.79 Å². The summed E-state index contributed by atoms with van der Waals surface area (Å²) in [7, 11) is -1.41. The van der Waals surface area contributed by atoms with Crippen molar-refractivity contribution in [3.63, 3.8) is 0 Å². The molecule has 5 heteroatoms. The quantitative estimate of drug-likeness (QED) is 0.793. The minimum atomic E-state index is -1.41. The molecule has 0 aromatic heterocycles. The lowest BCUT2D eigenvalue weighted by Gasteiger charge is -2.31. The third-order valence-electron chi connectivity index (χ3n) is 6.21. The van der Waals surface area contributed by atoms with E-state index in [1.165, 1.54) is 18.4 Å². The van der Waals surface area contributed by atoms with Gasteiger partial charge in [0.05, 0.1) is 5.25 Å². The third-order valence-corrected chi connectivity index (χ3v) is 7.58. The van der Waals surface area contributed by atoms with Gasteiger partial charge in [0.15, 0.2) is 0 Å². The van der Waals surface area contributed by atoms with E-state index in [2.05, 4.69) is 22.9 Å². The van der Waals surface area contributed by atoms with Crippen LogP contribution in [0.15, 0.2) is 42.5 Å². The smallest absolute Gasteiger partial charge is 0.419 e. The van der Waals surface area contributed by atoms with E-state index in [4.69, 9.17) is 4.74 Å². The topological polar surface area (TPSA) is 55.4 Å². The maximum absolute atomic E-state index is 12.6. The highest BCUT2D eigenvalue weighted by Crippen LogP contribution is 2.41. The van der Waals surface area contributed by atoms with Gasteiger partial charge in [-0.15, -0.1) is 0 Å². The first kappa shape index (κ1) is 17.8. The highest BCUT2D eigenvalue weighted by Gasteiger charge is 2.39. The van der Waals surface area contributed by atoms with Crippen molar-refractivity contribution in [2.75, 3.05) is 0 Å². The van der Waals surface area contributed by atoms with Crippen molar-refractivity contribution in [2.24, 2.45) is 11.8 Å². The number of nitrogens with one attached hydrogen (secondary N) is 1. The van der Waals surface area contributed by atoms with E-state index in [9.17, 15) is 9.00 Å². The molecular formula is C21H27NO3S. The van der Waals surface area contributed by atoms with Gasteiger partial charge in [-0.25, -0.2) is 13.7 Å². The normalized spacial score (nSPS) is 34.2. The number of carbonyl (C=O) groups is 1. The lowest BCUT2D eigenvalue weighted by molar-refractivity contribution is 0.0652. The summed E-state index contributed by atoms with van der Waals surface area (Å²) in [6.45, 7) is 0. The molecule has 4 nitrogen and oxygen atoms in total. The van der Waals surface area contributed by atoms with Gasteiger partial charge >= 0.3 is 6.09 Å². The Bertz CT molecular complexity index is 690. The van der Waals surface area contributed by atoms with E-state index in [-0.39, 0.29) is 17.3 Å². The second kappa shape index (κ2) is 7.95. The molecule has 1 aromatic carbocycles. The number of fused-ring (bicyclic) bond motifs is 1. The first-order valence-corrected chi connectivity index (χ1v) is 11.0. The third kappa shape index (κ3) is 3.73. The van der Waals surface area contributed by atoms with Crippen LogP contribution in [-0.2, 0) is 15.7 Å². The zero-order valence-corrected chi connectivity index (χ0v) is 15.8. The summed E-state index contributed by atoms with van der Waals surface area (Å²) in [6.07, 6.45) is 11.1. The monoisotopic (exact) mass is 373 g/mol. The molecule has 0 saturated heterocycles. The van der Waals surface area contributed by atoms with Crippen LogP contribution in [0.5, 0.6) is 0 Å². The van der Waals surface area contributed by atoms with E-state index < -0.39 is 17.1 Å². The average molecular weight is 374 g/mol. The molecule has 4 rings (SSSR count). The van der Waals surface area contributed by atoms with Crippen LogP contribution in [0, 0.1) is 11.8 Å². The molecule has 3 aliphatic carbocycles. The molecule has 0 unspecified atom stereocenters. The molecule has 2 fully saturated rings. The van der Waals surface area contributed by atoms with Crippen LogP contribution < -0.4 is 4.72 Å². The largest absolute Gasteiger partial charge is 0.445 e. The molecule has 1 amide bonds. The van der Waals surface area contributed by atoms with Gasteiger partial charge < -0.3 is 4.74 Å². The number of allylic oxidation sites excluding steroid dienone is 1. The van der Waals surface area contributed by atoms with Crippen LogP contribution in [0.25, 0.3) is 0 Å². The summed E-state index contributed by atoms with van der Waals surface area (Å²) in [6, 6.07) is 10.3. The Hall–Kier alpha value is -1.62. The van der Waals surface area contributed by atoms with Gasteiger partial charge in [-0.1, -0.05) is 55.3 Å². The van der Waals surface area contributed by atoms with Gasteiger partial charge in [-0.2, -0.15) is 0 Å². The van der Waals surface area contributed by atoms with Crippen molar-refractivity contribution < 1.29 is 13.7 Å². The van der Waals surface area contributed by atoms with Crippen LogP contribution >= 0.6 is 0 Å². The van der Waals surface area contributed by atoms with Crippen LogP contribution in [0.2, 0.25) is 0 Å². The molecule has 0 spiro atoms. The summed E-state index contributed by atoms with van der Waals surface area (Å²) in [4.78, 5) is 12.4. The average Bonchev–Trinajstić information content (AvgIpc) is 3.26. The summed E-state index contributed by atoms with van der Waals surface area (Å²) in [5, 5.41) is -0.0636. The Morgan fingerprint density at radius 1 is 1.00 bits per heavy atom. The van der Waals surface area contributed by atoms with Gasteiger partial charge in [0, 0.05) is 5.92 Å². The van der Waals surface area contributed by atoms with Gasteiger partial charge in [0.1, 0.15) is 17.1 Å². The minimum absolute atomic E-state index is 0.0636. The number of hydrogen-bond acceptors (Lipinski definition) is 3. The predicted octanol–water partition coefficient (Wildman–Crippen LogP) is 4.46. The number of hydrogen-bond donors (Lipinski definition) is 1. The zero-order valence-electron chi connectivity index (χ0n) is 15.0. The van der Waals surface area contributed by atoms with Crippen molar-refractivity contribution >= 4 is 17.1 Å². The van der Waals surface area contributed by atoms with Crippen molar-refractivity contribution in [1.82, 2.24) is 4.72 Å². The first-order chi connectivity index (χ1) is 12.7. The van der Waals surface area contributed by atoms with Crippen molar-refractivity contribution in [1.29, 1.82) is 0 Å². The molecule has 1 aromatic rings. The molecular weight excluding hydrogens is 346 g/mol. The Morgan fingerprint density at radius 3 is 2.65 bits per heavy atom. The summed E-state index contributed by atoms with van der Waals surface area (Å²) in [5.41, 5.74) is 1.22. The molecule has 140 valence electrons. The minimum Gasteiger partial charge on any atom is -0.445 e. The highest BCUT2D eigenvalue weighted by molar-refractivity contribution is 7.84. The molecule has 6 atom stereocenters. The predicted molar refractivity (Wildman–Crippen MR) is 103 cm³/mol. The number of rotatable bonds is 4.